The Morgan fingerprint density at radius 1 is 1.14 bits per heavy atom. The maximum atomic E-state index is 12.1. The predicted molar refractivity (Wildman–Crippen MR) is 108 cm³/mol. The number of carbonyl (C=O) groups is 1. The molecule has 0 aliphatic rings. The monoisotopic (exact) mass is 399 g/mol. The van der Waals surface area contributed by atoms with Gasteiger partial charge in [-0.25, -0.2) is 0 Å². The van der Waals surface area contributed by atoms with E-state index in [0.717, 1.165) is 11.3 Å². The number of aromatic nitrogens is 2. The van der Waals surface area contributed by atoms with Gasteiger partial charge in [0, 0.05) is 17.7 Å². The summed E-state index contributed by atoms with van der Waals surface area (Å²) < 4.78 is 16.3. The van der Waals surface area contributed by atoms with E-state index in [1.54, 1.807) is 19.2 Å². The predicted octanol–water partition coefficient (Wildman–Crippen LogP) is 4.26. The Bertz CT molecular complexity index is 912. The molecule has 0 unspecified atom stereocenters. The highest BCUT2D eigenvalue weighted by atomic mass is 32.2. The van der Waals surface area contributed by atoms with E-state index in [9.17, 15) is 4.79 Å². The summed E-state index contributed by atoms with van der Waals surface area (Å²) in [5, 5.41) is 11.3. The highest BCUT2D eigenvalue weighted by molar-refractivity contribution is 7.99. The number of thioether (sulfide) groups is 1. The van der Waals surface area contributed by atoms with E-state index < -0.39 is 0 Å². The minimum absolute atomic E-state index is 0.108. The summed E-state index contributed by atoms with van der Waals surface area (Å²) in [5.74, 6) is 2.26. The molecule has 1 aromatic heterocycles. The minimum atomic E-state index is -0.108. The lowest BCUT2D eigenvalue weighted by atomic mass is 10.2. The van der Waals surface area contributed by atoms with Crippen molar-refractivity contribution in [3.05, 3.63) is 48.5 Å². The van der Waals surface area contributed by atoms with Gasteiger partial charge in [0.25, 0.3) is 5.22 Å². The molecule has 3 aromatic rings. The summed E-state index contributed by atoms with van der Waals surface area (Å²) in [6, 6.07) is 14.7. The van der Waals surface area contributed by atoms with E-state index >= 15 is 0 Å². The Balaban J connectivity index is 1.49. The molecule has 2 aromatic carbocycles. The summed E-state index contributed by atoms with van der Waals surface area (Å²) in [5.41, 5.74) is 1.47. The number of hydrogen-bond acceptors (Lipinski definition) is 7. The fourth-order valence-corrected chi connectivity index (χ4v) is 3.14. The van der Waals surface area contributed by atoms with Crippen molar-refractivity contribution >= 4 is 23.4 Å². The first kappa shape index (κ1) is 19.8. The molecule has 1 amide bonds. The van der Waals surface area contributed by atoms with Crippen LogP contribution >= 0.6 is 11.8 Å². The molecular formula is C20H21N3O4S. The lowest BCUT2D eigenvalue weighted by Gasteiger charge is -2.09. The number of benzene rings is 2. The fraction of sp³-hybridized carbons (Fsp3) is 0.250. The Labute approximate surface area is 167 Å². The van der Waals surface area contributed by atoms with Gasteiger partial charge in [-0.2, -0.15) is 0 Å². The van der Waals surface area contributed by atoms with E-state index in [1.165, 1.54) is 11.8 Å². The van der Waals surface area contributed by atoms with Crippen LogP contribution in [0.4, 0.5) is 5.69 Å². The number of hydrogen-bond donors (Lipinski definition) is 1. The second-order valence-corrected chi connectivity index (χ2v) is 6.72. The van der Waals surface area contributed by atoms with Crippen molar-refractivity contribution in [2.75, 3.05) is 24.8 Å². The quantitative estimate of drug-likeness (QED) is 0.538. The van der Waals surface area contributed by atoms with E-state index in [4.69, 9.17) is 13.9 Å². The first-order chi connectivity index (χ1) is 13.7. The minimum Gasteiger partial charge on any atom is -0.495 e. The van der Waals surface area contributed by atoms with Crippen LogP contribution in [0.15, 0.2) is 58.2 Å². The molecule has 0 radical (unpaired) electrons. The van der Waals surface area contributed by atoms with Crippen molar-refractivity contribution in [2.45, 2.75) is 18.6 Å². The number of nitrogens with one attached hydrogen (secondary N) is 1. The lowest BCUT2D eigenvalue weighted by molar-refractivity contribution is -0.115. The SMILES string of the molecule is CCOc1ccc(-c2nnc(SCCC(=O)Nc3ccccc3OC)o2)cc1. The highest BCUT2D eigenvalue weighted by Gasteiger charge is 2.11. The Morgan fingerprint density at radius 2 is 1.93 bits per heavy atom. The molecule has 0 bridgehead atoms. The van der Waals surface area contributed by atoms with Crippen molar-refractivity contribution in [3.8, 4) is 23.0 Å². The van der Waals surface area contributed by atoms with Crippen molar-refractivity contribution in [1.82, 2.24) is 10.2 Å². The zero-order chi connectivity index (χ0) is 19.8. The van der Waals surface area contributed by atoms with E-state index in [0.29, 0.717) is 41.3 Å². The van der Waals surface area contributed by atoms with Crippen LogP contribution < -0.4 is 14.8 Å². The average molecular weight is 399 g/mol. The molecule has 0 aliphatic carbocycles. The number of methoxy groups -OCH3 is 1. The van der Waals surface area contributed by atoms with Crippen LogP contribution in [0.2, 0.25) is 0 Å². The molecule has 0 saturated carbocycles. The molecule has 0 atom stereocenters. The summed E-state index contributed by atoms with van der Waals surface area (Å²) in [7, 11) is 1.57. The van der Waals surface area contributed by atoms with Gasteiger partial charge in [0.15, 0.2) is 0 Å². The van der Waals surface area contributed by atoms with Crippen LogP contribution in [0.1, 0.15) is 13.3 Å². The zero-order valence-electron chi connectivity index (χ0n) is 15.7. The molecule has 0 saturated heterocycles. The van der Waals surface area contributed by atoms with Gasteiger partial charge in [-0.1, -0.05) is 23.9 Å². The molecule has 0 spiro atoms. The lowest BCUT2D eigenvalue weighted by Crippen LogP contribution is -2.12. The molecule has 0 aliphatic heterocycles. The van der Waals surface area contributed by atoms with Gasteiger partial charge in [0.2, 0.25) is 11.8 Å². The Kier molecular flexibility index (Phi) is 6.91. The molecule has 3 rings (SSSR count). The molecule has 8 heteroatoms. The van der Waals surface area contributed by atoms with Crippen molar-refractivity contribution < 1.29 is 18.7 Å². The van der Waals surface area contributed by atoms with Crippen LogP contribution in [-0.2, 0) is 4.79 Å². The topological polar surface area (TPSA) is 86.5 Å². The molecule has 146 valence electrons. The van der Waals surface area contributed by atoms with Gasteiger partial charge >= 0.3 is 0 Å². The standard InChI is InChI=1S/C20H21N3O4S/c1-3-26-15-10-8-14(9-11-15)19-22-23-20(27-19)28-13-12-18(24)21-16-6-4-5-7-17(16)25-2/h4-11H,3,12-13H2,1-2H3,(H,21,24). The highest BCUT2D eigenvalue weighted by Crippen LogP contribution is 2.26. The van der Waals surface area contributed by atoms with Gasteiger partial charge in [0.05, 0.1) is 19.4 Å². The third-order valence-corrected chi connectivity index (χ3v) is 4.57. The summed E-state index contributed by atoms with van der Waals surface area (Å²) in [4.78, 5) is 12.1. The number of para-hydroxylation sites is 2. The van der Waals surface area contributed by atoms with Gasteiger partial charge < -0.3 is 19.2 Å². The normalized spacial score (nSPS) is 10.5. The maximum absolute atomic E-state index is 12.1. The molecule has 1 heterocycles. The first-order valence-corrected chi connectivity index (χ1v) is 9.80. The van der Waals surface area contributed by atoms with E-state index in [-0.39, 0.29) is 5.91 Å². The molecule has 1 N–H and O–H groups in total. The van der Waals surface area contributed by atoms with Crippen LogP contribution in [0.3, 0.4) is 0 Å². The van der Waals surface area contributed by atoms with Crippen LogP contribution in [0.5, 0.6) is 11.5 Å². The number of nitrogens with zero attached hydrogens (tertiary/aromatic N) is 2. The van der Waals surface area contributed by atoms with Crippen LogP contribution in [-0.4, -0.2) is 35.6 Å². The largest absolute Gasteiger partial charge is 0.495 e. The third kappa shape index (κ3) is 5.26. The third-order valence-electron chi connectivity index (χ3n) is 3.75. The van der Waals surface area contributed by atoms with Crippen molar-refractivity contribution in [2.24, 2.45) is 0 Å². The van der Waals surface area contributed by atoms with Crippen LogP contribution in [0.25, 0.3) is 11.5 Å². The van der Waals surface area contributed by atoms with Gasteiger partial charge in [-0.15, -0.1) is 10.2 Å². The average Bonchev–Trinajstić information content (AvgIpc) is 3.18. The first-order valence-electron chi connectivity index (χ1n) is 8.82. The summed E-state index contributed by atoms with van der Waals surface area (Å²) in [6.45, 7) is 2.55. The number of carbonyl (C=O) groups excluding carboxylic acids is 1. The second-order valence-electron chi connectivity index (χ2n) is 5.68. The van der Waals surface area contributed by atoms with E-state index in [2.05, 4.69) is 15.5 Å². The number of ether oxygens (including phenoxy) is 2. The Morgan fingerprint density at radius 3 is 2.68 bits per heavy atom. The van der Waals surface area contributed by atoms with Crippen molar-refractivity contribution in [3.63, 3.8) is 0 Å². The van der Waals surface area contributed by atoms with Crippen molar-refractivity contribution in [1.29, 1.82) is 0 Å². The smallest absolute Gasteiger partial charge is 0.276 e. The maximum Gasteiger partial charge on any atom is 0.276 e. The number of anilines is 1. The van der Waals surface area contributed by atoms with E-state index in [1.807, 2.05) is 43.3 Å². The van der Waals surface area contributed by atoms with Crippen LogP contribution in [0, 0.1) is 0 Å². The molecular weight excluding hydrogens is 378 g/mol. The summed E-state index contributed by atoms with van der Waals surface area (Å²) in [6.07, 6.45) is 0.309. The van der Waals surface area contributed by atoms with Gasteiger partial charge in [-0.3, -0.25) is 4.79 Å². The van der Waals surface area contributed by atoms with Gasteiger partial charge in [-0.05, 0) is 43.3 Å². The fourth-order valence-electron chi connectivity index (χ4n) is 2.44. The Hall–Kier alpha value is -3.00. The molecule has 7 nitrogen and oxygen atoms in total. The molecule has 0 fully saturated rings. The number of rotatable bonds is 9. The van der Waals surface area contributed by atoms with Gasteiger partial charge in [0.1, 0.15) is 11.5 Å². The second kappa shape index (κ2) is 9.80. The zero-order valence-corrected chi connectivity index (χ0v) is 16.5. The molecule has 28 heavy (non-hydrogen) atoms. The number of amides is 1. The summed E-state index contributed by atoms with van der Waals surface area (Å²) >= 11 is 1.34.